The van der Waals surface area contributed by atoms with Crippen LogP contribution in [0.1, 0.15) is 25.8 Å². The highest BCUT2D eigenvalue weighted by molar-refractivity contribution is 6.04. The Morgan fingerprint density at radius 1 is 1.17 bits per heavy atom. The molecule has 0 saturated carbocycles. The first kappa shape index (κ1) is 19.6. The molecule has 1 aromatic carbocycles. The highest BCUT2D eigenvalue weighted by Crippen LogP contribution is 2.13. The summed E-state index contributed by atoms with van der Waals surface area (Å²) in [6.45, 7) is 3.31. The summed E-state index contributed by atoms with van der Waals surface area (Å²) >= 11 is 0. The number of methoxy groups -OCH3 is 1. The van der Waals surface area contributed by atoms with Crippen LogP contribution < -0.4 is 4.74 Å². The number of hydrogen-bond acceptors (Lipinski definition) is 5. The smallest absolute Gasteiger partial charge is 0.316 e. The summed E-state index contributed by atoms with van der Waals surface area (Å²) in [7, 11) is 1.58. The van der Waals surface area contributed by atoms with Crippen LogP contribution in [0.3, 0.4) is 0 Å². The molecule has 1 rings (SSSR count). The standard InChI is InChI=1S/C19H24O5/c1-14(20)7-5-4-6-8-18(21)15(2)19(22)24-13-16-9-11-17(23-3)12-10-16/h4-6,8-12,14-15,20H,7,13H2,1-3H3/b5-4+,8-6+. The van der Waals surface area contributed by atoms with Crippen molar-refractivity contribution < 1.29 is 24.2 Å². The summed E-state index contributed by atoms with van der Waals surface area (Å²) in [6, 6.07) is 7.15. The van der Waals surface area contributed by atoms with E-state index in [-0.39, 0.29) is 12.4 Å². The van der Waals surface area contributed by atoms with Crippen molar-refractivity contribution in [2.75, 3.05) is 7.11 Å². The third-order valence-electron chi connectivity index (χ3n) is 3.31. The molecular formula is C19H24O5. The molecule has 0 fully saturated rings. The van der Waals surface area contributed by atoms with Crippen LogP contribution in [0.4, 0.5) is 0 Å². The topological polar surface area (TPSA) is 72.8 Å². The first-order chi connectivity index (χ1) is 11.4. The molecule has 0 radical (unpaired) electrons. The van der Waals surface area contributed by atoms with Crippen LogP contribution in [0.5, 0.6) is 5.75 Å². The Kier molecular flexibility index (Phi) is 8.50. The van der Waals surface area contributed by atoms with E-state index in [9.17, 15) is 9.59 Å². The maximum Gasteiger partial charge on any atom is 0.316 e. The molecule has 0 aliphatic heterocycles. The molecule has 0 spiro atoms. The Balaban J connectivity index is 2.43. The van der Waals surface area contributed by atoms with E-state index >= 15 is 0 Å². The molecule has 1 N–H and O–H groups in total. The number of carbonyl (C=O) groups excluding carboxylic acids is 2. The molecule has 2 unspecified atom stereocenters. The lowest BCUT2D eigenvalue weighted by atomic mass is 10.1. The SMILES string of the molecule is COc1ccc(COC(=O)C(C)C(=O)/C=C/C=C/CC(C)O)cc1. The largest absolute Gasteiger partial charge is 0.497 e. The van der Waals surface area contributed by atoms with Crippen molar-refractivity contribution in [2.45, 2.75) is 33.0 Å². The van der Waals surface area contributed by atoms with Gasteiger partial charge in [0.25, 0.3) is 0 Å². The van der Waals surface area contributed by atoms with E-state index in [1.807, 2.05) is 0 Å². The van der Waals surface area contributed by atoms with Crippen molar-refractivity contribution in [2.24, 2.45) is 5.92 Å². The molecule has 0 amide bonds. The molecule has 5 nitrogen and oxygen atoms in total. The van der Waals surface area contributed by atoms with Crippen LogP contribution >= 0.6 is 0 Å². The molecule has 0 aliphatic rings. The van der Waals surface area contributed by atoms with Gasteiger partial charge in [0.1, 0.15) is 18.3 Å². The molecule has 5 heteroatoms. The second-order valence-electron chi connectivity index (χ2n) is 5.45. The summed E-state index contributed by atoms with van der Waals surface area (Å²) in [5.74, 6) is -1.02. The van der Waals surface area contributed by atoms with E-state index in [0.29, 0.717) is 6.42 Å². The Labute approximate surface area is 142 Å². The fraction of sp³-hybridized carbons (Fsp3) is 0.368. The third kappa shape index (κ3) is 7.24. The minimum Gasteiger partial charge on any atom is -0.497 e. The molecule has 24 heavy (non-hydrogen) atoms. The van der Waals surface area contributed by atoms with Gasteiger partial charge >= 0.3 is 5.97 Å². The lowest BCUT2D eigenvalue weighted by Gasteiger charge is -2.09. The van der Waals surface area contributed by atoms with Crippen molar-refractivity contribution in [1.29, 1.82) is 0 Å². The van der Waals surface area contributed by atoms with Crippen molar-refractivity contribution in [3.63, 3.8) is 0 Å². The van der Waals surface area contributed by atoms with E-state index in [4.69, 9.17) is 14.6 Å². The number of ether oxygens (including phenoxy) is 2. The number of carbonyl (C=O) groups is 2. The molecule has 0 heterocycles. The third-order valence-corrected chi connectivity index (χ3v) is 3.31. The number of hydrogen-bond donors (Lipinski definition) is 1. The number of aliphatic hydroxyl groups is 1. The van der Waals surface area contributed by atoms with Crippen molar-refractivity contribution in [3.8, 4) is 5.75 Å². The van der Waals surface area contributed by atoms with E-state index < -0.39 is 18.0 Å². The van der Waals surface area contributed by atoms with Crippen LogP contribution in [-0.2, 0) is 20.9 Å². The minimum atomic E-state index is -0.857. The Bertz CT molecular complexity index is 584. The molecule has 1 aromatic rings. The summed E-state index contributed by atoms with van der Waals surface area (Å²) in [6.07, 6.45) is 6.40. The number of esters is 1. The number of rotatable bonds is 9. The van der Waals surface area contributed by atoms with E-state index in [1.165, 1.54) is 13.0 Å². The molecule has 0 saturated heterocycles. The van der Waals surface area contributed by atoms with Gasteiger partial charge in [0.15, 0.2) is 5.78 Å². The fourth-order valence-electron chi connectivity index (χ4n) is 1.77. The second kappa shape index (κ2) is 10.4. The first-order valence-electron chi connectivity index (χ1n) is 7.78. The zero-order chi connectivity index (χ0) is 17.9. The van der Waals surface area contributed by atoms with Crippen LogP contribution in [0.25, 0.3) is 0 Å². The highest BCUT2D eigenvalue weighted by Gasteiger charge is 2.20. The Morgan fingerprint density at radius 3 is 2.42 bits per heavy atom. The van der Waals surface area contributed by atoms with Gasteiger partial charge in [-0.05, 0) is 44.0 Å². The molecule has 130 valence electrons. The van der Waals surface area contributed by atoms with E-state index in [2.05, 4.69) is 0 Å². The normalized spacial score (nSPS) is 13.8. The van der Waals surface area contributed by atoms with Crippen LogP contribution in [0.2, 0.25) is 0 Å². The lowest BCUT2D eigenvalue weighted by Crippen LogP contribution is -2.21. The first-order valence-corrected chi connectivity index (χ1v) is 7.78. The number of benzene rings is 1. The van der Waals surface area contributed by atoms with E-state index in [0.717, 1.165) is 11.3 Å². The van der Waals surface area contributed by atoms with Crippen LogP contribution in [-0.4, -0.2) is 30.1 Å². The van der Waals surface area contributed by atoms with Crippen molar-refractivity contribution in [1.82, 2.24) is 0 Å². The Morgan fingerprint density at radius 2 is 1.83 bits per heavy atom. The minimum absolute atomic E-state index is 0.110. The summed E-state index contributed by atoms with van der Waals surface area (Å²) in [5.41, 5.74) is 0.820. The molecule has 0 bridgehead atoms. The number of aliphatic hydroxyl groups excluding tert-OH is 1. The molecule has 0 aromatic heterocycles. The van der Waals surface area contributed by atoms with Crippen LogP contribution in [0, 0.1) is 5.92 Å². The summed E-state index contributed by atoms with van der Waals surface area (Å²) in [5, 5.41) is 9.09. The van der Waals surface area contributed by atoms with Gasteiger partial charge in [-0.3, -0.25) is 9.59 Å². The maximum atomic E-state index is 11.9. The average molecular weight is 332 g/mol. The molecular weight excluding hydrogens is 308 g/mol. The van der Waals surface area contributed by atoms with Gasteiger partial charge in [-0.15, -0.1) is 0 Å². The zero-order valence-electron chi connectivity index (χ0n) is 14.3. The van der Waals surface area contributed by atoms with Gasteiger partial charge < -0.3 is 14.6 Å². The quantitative estimate of drug-likeness (QED) is 0.326. The van der Waals surface area contributed by atoms with Gasteiger partial charge in [0.2, 0.25) is 0 Å². The van der Waals surface area contributed by atoms with Crippen molar-refractivity contribution in [3.05, 3.63) is 54.1 Å². The van der Waals surface area contributed by atoms with Gasteiger partial charge in [-0.25, -0.2) is 0 Å². The zero-order valence-corrected chi connectivity index (χ0v) is 14.3. The lowest BCUT2D eigenvalue weighted by molar-refractivity contribution is -0.151. The highest BCUT2D eigenvalue weighted by atomic mass is 16.5. The molecule has 2 atom stereocenters. The Hall–Kier alpha value is -2.40. The van der Waals surface area contributed by atoms with Gasteiger partial charge in [0.05, 0.1) is 13.2 Å². The number of allylic oxidation sites excluding steroid dienone is 3. The summed E-state index contributed by atoms with van der Waals surface area (Å²) < 4.78 is 10.2. The van der Waals surface area contributed by atoms with Crippen molar-refractivity contribution >= 4 is 11.8 Å². The van der Waals surface area contributed by atoms with Gasteiger partial charge in [-0.2, -0.15) is 0 Å². The second-order valence-corrected chi connectivity index (χ2v) is 5.45. The maximum absolute atomic E-state index is 11.9. The fourth-order valence-corrected chi connectivity index (χ4v) is 1.77. The average Bonchev–Trinajstić information content (AvgIpc) is 2.58. The number of ketones is 1. The molecule has 0 aliphatic carbocycles. The van der Waals surface area contributed by atoms with Crippen LogP contribution in [0.15, 0.2) is 48.6 Å². The monoisotopic (exact) mass is 332 g/mol. The van der Waals surface area contributed by atoms with Gasteiger partial charge in [-0.1, -0.05) is 30.4 Å². The van der Waals surface area contributed by atoms with Gasteiger partial charge in [0, 0.05) is 0 Å². The predicted octanol–water partition coefficient (Wildman–Crippen LogP) is 2.83. The van der Waals surface area contributed by atoms with E-state index in [1.54, 1.807) is 56.5 Å². The predicted molar refractivity (Wildman–Crippen MR) is 91.5 cm³/mol. The summed E-state index contributed by atoms with van der Waals surface area (Å²) in [4.78, 5) is 23.8.